The molecule has 0 aliphatic rings. The molecule has 0 aliphatic heterocycles. The van der Waals surface area contributed by atoms with E-state index in [1.165, 1.54) is 19.3 Å². The largest absolute Gasteiger partial charge is 0.0917 e. The Morgan fingerprint density at radius 1 is 1.22 bits per heavy atom. The number of rotatable bonds is 5. The molecule has 0 aromatic rings. The molecule has 0 heterocycles. The summed E-state index contributed by atoms with van der Waals surface area (Å²) in [6.07, 6.45) is 10.7. The molecule has 0 aromatic carbocycles. The van der Waals surface area contributed by atoms with Crippen molar-refractivity contribution in [1.82, 2.24) is 0 Å². The van der Waals surface area contributed by atoms with Crippen molar-refractivity contribution in [1.29, 1.82) is 0 Å². The van der Waals surface area contributed by atoms with Gasteiger partial charge in [0.2, 0.25) is 0 Å². The van der Waals surface area contributed by atoms with Gasteiger partial charge in [-0.1, -0.05) is 24.8 Å². The summed E-state index contributed by atoms with van der Waals surface area (Å²) in [6.45, 7) is 7.25. The van der Waals surface area contributed by atoms with Crippen molar-refractivity contribution in [2.45, 2.75) is 32.6 Å². The topological polar surface area (TPSA) is 0 Å². The van der Waals surface area contributed by atoms with Crippen molar-refractivity contribution in [2.75, 3.05) is 0 Å². The molecule has 0 heteroatoms. The molecule has 0 atom stereocenters. The van der Waals surface area contributed by atoms with Crippen LogP contribution >= 0.6 is 0 Å². The second kappa shape index (κ2) is 7.48. The molecular formula is C9H15. The van der Waals surface area contributed by atoms with Gasteiger partial charge in [0.1, 0.15) is 0 Å². The van der Waals surface area contributed by atoms with Crippen molar-refractivity contribution in [2.24, 2.45) is 0 Å². The molecule has 0 saturated heterocycles. The quantitative estimate of drug-likeness (QED) is 0.389. The summed E-state index contributed by atoms with van der Waals surface area (Å²) < 4.78 is 0. The van der Waals surface area contributed by atoms with Crippen molar-refractivity contribution in [3.8, 4) is 0 Å². The lowest BCUT2D eigenvalue weighted by Crippen LogP contribution is -1.70. The van der Waals surface area contributed by atoms with Crippen molar-refractivity contribution >= 4 is 0 Å². The lowest BCUT2D eigenvalue weighted by molar-refractivity contribution is 0.762. The first-order valence-corrected chi connectivity index (χ1v) is 3.56. The van der Waals surface area contributed by atoms with Gasteiger partial charge in [-0.2, -0.15) is 0 Å². The van der Waals surface area contributed by atoms with Crippen LogP contribution in [0.2, 0.25) is 0 Å². The highest BCUT2D eigenvalue weighted by Gasteiger charge is 1.80. The van der Waals surface area contributed by atoms with Gasteiger partial charge in [0.25, 0.3) is 0 Å². The monoisotopic (exact) mass is 123 g/mol. The van der Waals surface area contributed by atoms with Gasteiger partial charge < -0.3 is 0 Å². The SMILES string of the molecule is [CH]=CCCCCC=CC. The van der Waals surface area contributed by atoms with E-state index in [1.54, 1.807) is 6.08 Å². The van der Waals surface area contributed by atoms with E-state index >= 15 is 0 Å². The predicted molar refractivity (Wildman–Crippen MR) is 42.2 cm³/mol. The van der Waals surface area contributed by atoms with Crippen LogP contribution in [-0.4, -0.2) is 0 Å². The molecule has 0 amide bonds. The van der Waals surface area contributed by atoms with Crippen LogP contribution in [-0.2, 0) is 0 Å². The highest BCUT2D eigenvalue weighted by molar-refractivity contribution is 4.76. The van der Waals surface area contributed by atoms with Crippen LogP contribution in [0.3, 0.4) is 0 Å². The van der Waals surface area contributed by atoms with Gasteiger partial charge in [-0.3, -0.25) is 0 Å². The number of hydrogen-bond donors (Lipinski definition) is 0. The first-order valence-electron chi connectivity index (χ1n) is 3.56. The molecule has 0 aromatic heterocycles. The fourth-order valence-corrected chi connectivity index (χ4v) is 0.691. The molecule has 0 bridgehead atoms. The molecule has 0 saturated carbocycles. The van der Waals surface area contributed by atoms with E-state index in [4.69, 9.17) is 6.58 Å². The van der Waals surface area contributed by atoms with Gasteiger partial charge in [-0.05, 0) is 32.6 Å². The summed E-state index contributed by atoms with van der Waals surface area (Å²) in [5, 5.41) is 0. The second-order valence-corrected chi connectivity index (χ2v) is 2.09. The van der Waals surface area contributed by atoms with E-state index in [0.717, 1.165) is 6.42 Å². The number of unbranched alkanes of at least 4 members (excludes halogenated alkanes) is 3. The minimum Gasteiger partial charge on any atom is -0.0917 e. The average Bonchev–Trinajstić information content (AvgIpc) is 1.89. The molecule has 0 unspecified atom stereocenters. The van der Waals surface area contributed by atoms with Crippen molar-refractivity contribution in [3.63, 3.8) is 0 Å². The first-order chi connectivity index (χ1) is 4.41. The fourth-order valence-electron chi connectivity index (χ4n) is 0.691. The van der Waals surface area contributed by atoms with E-state index in [-0.39, 0.29) is 0 Å². The highest BCUT2D eigenvalue weighted by Crippen LogP contribution is 1.99. The van der Waals surface area contributed by atoms with Crippen LogP contribution in [0.1, 0.15) is 32.6 Å². The summed E-state index contributed by atoms with van der Waals surface area (Å²) >= 11 is 0. The lowest BCUT2D eigenvalue weighted by Gasteiger charge is -1.90. The van der Waals surface area contributed by atoms with Crippen molar-refractivity contribution < 1.29 is 0 Å². The van der Waals surface area contributed by atoms with E-state index in [0.29, 0.717) is 0 Å². The van der Waals surface area contributed by atoms with Gasteiger partial charge in [0.05, 0.1) is 0 Å². The molecule has 0 N–H and O–H groups in total. The second-order valence-electron chi connectivity index (χ2n) is 2.09. The zero-order chi connectivity index (χ0) is 6.95. The third-order valence-electron chi connectivity index (χ3n) is 1.23. The number of hydrogen-bond acceptors (Lipinski definition) is 0. The Morgan fingerprint density at radius 3 is 2.44 bits per heavy atom. The molecule has 0 fully saturated rings. The Labute approximate surface area is 58.3 Å². The zero-order valence-electron chi connectivity index (χ0n) is 6.14. The summed E-state index contributed by atoms with van der Waals surface area (Å²) in [7, 11) is 0. The van der Waals surface area contributed by atoms with Gasteiger partial charge in [0, 0.05) is 0 Å². The Hall–Kier alpha value is -0.520. The van der Waals surface area contributed by atoms with Crippen LogP contribution in [0, 0.1) is 6.58 Å². The molecule has 1 radical (unpaired) electrons. The Kier molecular flexibility index (Phi) is 7.05. The molecule has 51 valence electrons. The predicted octanol–water partition coefficient (Wildman–Crippen LogP) is 3.11. The van der Waals surface area contributed by atoms with Gasteiger partial charge >= 0.3 is 0 Å². The Bertz CT molecular complexity index is 80.0. The highest BCUT2D eigenvalue weighted by atomic mass is 13.9. The van der Waals surface area contributed by atoms with Crippen LogP contribution in [0.25, 0.3) is 0 Å². The number of allylic oxidation sites excluding steroid dienone is 3. The molecule has 9 heavy (non-hydrogen) atoms. The summed E-state index contributed by atoms with van der Waals surface area (Å²) in [5.74, 6) is 0. The van der Waals surface area contributed by atoms with E-state index in [9.17, 15) is 0 Å². The summed E-state index contributed by atoms with van der Waals surface area (Å²) in [6, 6.07) is 0. The first kappa shape index (κ1) is 8.48. The lowest BCUT2D eigenvalue weighted by atomic mass is 10.2. The maximum atomic E-state index is 5.20. The van der Waals surface area contributed by atoms with E-state index < -0.39 is 0 Å². The van der Waals surface area contributed by atoms with Gasteiger partial charge in [0.15, 0.2) is 0 Å². The molecular weight excluding hydrogens is 108 g/mol. The molecule has 0 nitrogen and oxygen atoms in total. The average molecular weight is 123 g/mol. The Morgan fingerprint density at radius 2 is 1.89 bits per heavy atom. The van der Waals surface area contributed by atoms with Crippen LogP contribution in [0.5, 0.6) is 0 Å². The van der Waals surface area contributed by atoms with E-state index in [2.05, 4.69) is 19.1 Å². The van der Waals surface area contributed by atoms with Crippen molar-refractivity contribution in [3.05, 3.63) is 24.8 Å². The molecule has 0 spiro atoms. The van der Waals surface area contributed by atoms with Crippen LogP contribution in [0.15, 0.2) is 18.2 Å². The normalized spacial score (nSPS) is 10.3. The van der Waals surface area contributed by atoms with Crippen LogP contribution in [0.4, 0.5) is 0 Å². The third kappa shape index (κ3) is 7.48. The molecule has 0 rings (SSSR count). The zero-order valence-corrected chi connectivity index (χ0v) is 6.14. The Balaban J connectivity index is 2.82. The van der Waals surface area contributed by atoms with Gasteiger partial charge in [-0.25, -0.2) is 0 Å². The standard InChI is InChI=1S/C9H15/c1-3-5-7-9-8-6-4-2/h1,3-4,6H,5,7-9H2,2H3. The van der Waals surface area contributed by atoms with E-state index in [1.807, 2.05) is 0 Å². The smallest absolute Gasteiger partial charge is 0.0347 e. The minimum atomic E-state index is 1.05. The molecule has 0 aliphatic carbocycles. The van der Waals surface area contributed by atoms with Gasteiger partial charge in [-0.15, -0.1) is 0 Å². The summed E-state index contributed by atoms with van der Waals surface area (Å²) in [5.41, 5.74) is 0. The summed E-state index contributed by atoms with van der Waals surface area (Å²) in [4.78, 5) is 0. The van der Waals surface area contributed by atoms with Crippen LogP contribution < -0.4 is 0 Å². The third-order valence-corrected chi connectivity index (χ3v) is 1.23. The fraction of sp³-hybridized carbons (Fsp3) is 0.556. The maximum Gasteiger partial charge on any atom is -0.0347 e. The minimum absolute atomic E-state index is 1.05. The maximum absolute atomic E-state index is 5.20.